The number of rotatable bonds is 3. The zero-order valence-corrected chi connectivity index (χ0v) is 9.69. The lowest BCUT2D eigenvalue weighted by Gasteiger charge is -2.10. The van der Waals surface area contributed by atoms with Gasteiger partial charge in [-0.1, -0.05) is 0 Å². The standard InChI is InChI=1S/C12H15N3O/c1-8-6-13-12(14-7-8)15-10(3)11-5-4-9(2)16-11/h4-7,10H,1-3H3,(H,13,14,15). The summed E-state index contributed by atoms with van der Waals surface area (Å²) in [6.07, 6.45) is 3.57. The summed E-state index contributed by atoms with van der Waals surface area (Å²) >= 11 is 0. The maximum atomic E-state index is 5.52. The Kier molecular flexibility index (Phi) is 2.90. The number of hydrogen-bond donors (Lipinski definition) is 1. The van der Waals surface area contributed by atoms with Gasteiger partial charge in [-0.25, -0.2) is 9.97 Å². The Morgan fingerprint density at radius 3 is 2.44 bits per heavy atom. The second-order valence-corrected chi connectivity index (χ2v) is 3.90. The van der Waals surface area contributed by atoms with Gasteiger partial charge in [0.15, 0.2) is 0 Å². The van der Waals surface area contributed by atoms with E-state index < -0.39 is 0 Å². The van der Waals surface area contributed by atoms with E-state index in [-0.39, 0.29) is 6.04 Å². The van der Waals surface area contributed by atoms with Crippen molar-refractivity contribution < 1.29 is 4.42 Å². The van der Waals surface area contributed by atoms with Crippen LogP contribution in [0.4, 0.5) is 5.95 Å². The maximum Gasteiger partial charge on any atom is 0.223 e. The number of furan rings is 1. The molecule has 2 aromatic heterocycles. The smallest absolute Gasteiger partial charge is 0.223 e. The fraction of sp³-hybridized carbons (Fsp3) is 0.333. The molecule has 0 aliphatic heterocycles. The number of aryl methyl sites for hydroxylation is 2. The van der Waals surface area contributed by atoms with Crippen LogP contribution in [0, 0.1) is 13.8 Å². The van der Waals surface area contributed by atoms with Crippen molar-refractivity contribution in [2.45, 2.75) is 26.8 Å². The maximum absolute atomic E-state index is 5.52. The molecule has 0 spiro atoms. The molecule has 2 aromatic rings. The molecule has 1 unspecified atom stereocenters. The van der Waals surface area contributed by atoms with Gasteiger partial charge >= 0.3 is 0 Å². The SMILES string of the molecule is Cc1cnc(NC(C)c2ccc(C)o2)nc1. The molecule has 0 saturated heterocycles. The molecule has 0 saturated carbocycles. The van der Waals surface area contributed by atoms with Crippen molar-refractivity contribution in [3.05, 3.63) is 41.6 Å². The fourth-order valence-corrected chi connectivity index (χ4v) is 1.42. The average Bonchev–Trinajstić information content (AvgIpc) is 2.68. The van der Waals surface area contributed by atoms with Gasteiger partial charge in [0, 0.05) is 12.4 Å². The van der Waals surface area contributed by atoms with Crippen LogP contribution >= 0.6 is 0 Å². The second kappa shape index (κ2) is 4.35. The first-order chi connectivity index (χ1) is 7.65. The average molecular weight is 217 g/mol. The van der Waals surface area contributed by atoms with Crippen LogP contribution in [-0.2, 0) is 0 Å². The van der Waals surface area contributed by atoms with Crippen LogP contribution < -0.4 is 5.32 Å². The van der Waals surface area contributed by atoms with E-state index in [1.165, 1.54) is 0 Å². The quantitative estimate of drug-likeness (QED) is 0.858. The third-order valence-corrected chi connectivity index (χ3v) is 2.31. The van der Waals surface area contributed by atoms with E-state index in [0.29, 0.717) is 5.95 Å². The summed E-state index contributed by atoms with van der Waals surface area (Å²) in [7, 11) is 0. The highest BCUT2D eigenvalue weighted by Crippen LogP contribution is 2.18. The molecule has 84 valence electrons. The van der Waals surface area contributed by atoms with Gasteiger partial charge in [-0.2, -0.15) is 0 Å². The van der Waals surface area contributed by atoms with Crippen molar-refractivity contribution in [3.8, 4) is 0 Å². The molecule has 2 heterocycles. The Labute approximate surface area is 94.7 Å². The topological polar surface area (TPSA) is 51.0 Å². The van der Waals surface area contributed by atoms with Gasteiger partial charge in [0.05, 0.1) is 6.04 Å². The van der Waals surface area contributed by atoms with E-state index in [0.717, 1.165) is 17.1 Å². The van der Waals surface area contributed by atoms with Crippen LogP contribution in [0.25, 0.3) is 0 Å². The number of nitrogens with zero attached hydrogens (tertiary/aromatic N) is 2. The molecule has 4 heteroatoms. The predicted molar refractivity (Wildman–Crippen MR) is 62.3 cm³/mol. The first-order valence-corrected chi connectivity index (χ1v) is 5.26. The Morgan fingerprint density at radius 1 is 1.19 bits per heavy atom. The summed E-state index contributed by atoms with van der Waals surface area (Å²) in [5.74, 6) is 2.42. The summed E-state index contributed by atoms with van der Waals surface area (Å²) in [5, 5.41) is 3.18. The Hall–Kier alpha value is -1.84. The molecular formula is C12H15N3O. The summed E-state index contributed by atoms with van der Waals surface area (Å²) in [5.41, 5.74) is 1.05. The Balaban J connectivity index is 2.07. The molecule has 16 heavy (non-hydrogen) atoms. The lowest BCUT2D eigenvalue weighted by molar-refractivity contribution is 0.466. The zero-order chi connectivity index (χ0) is 11.5. The number of nitrogens with one attached hydrogen (secondary N) is 1. The van der Waals surface area contributed by atoms with Gasteiger partial charge in [0.2, 0.25) is 5.95 Å². The summed E-state index contributed by atoms with van der Waals surface area (Å²) < 4.78 is 5.52. The highest BCUT2D eigenvalue weighted by molar-refractivity contribution is 5.28. The molecule has 0 radical (unpaired) electrons. The van der Waals surface area contributed by atoms with Crippen molar-refractivity contribution in [2.75, 3.05) is 5.32 Å². The van der Waals surface area contributed by atoms with E-state index in [1.54, 1.807) is 12.4 Å². The number of hydrogen-bond acceptors (Lipinski definition) is 4. The zero-order valence-electron chi connectivity index (χ0n) is 9.69. The third-order valence-electron chi connectivity index (χ3n) is 2.31. The molecule has 0 bridgehead atoms. The minimum atomic E-state index is 0.0661. The highest BCUT2D eigenvalue weighted by atomic mass is 16.3. The highest BCUT2D eigenvalue weighted by Gasteiger charge is 2.10. The van der Waals surface area contributed by atoms with Crippen LogP contribution in [-0.4, -0.2) is 9.97 Å². The van der Waals surface area contributed by atoms with Crippen LogP contribution in [0.2, 0.25) is 0 Å². The van der Waals surface area contributed by atoms with Crippen molar-refractivity contribution in [1.82, 2.24) is 9.97 Å². The lowest BCUT2D eigenvalue weighted by atomic mass is 10.2. The van der Waals surface area contributed by atoms with Crippen LogP contribution in [0.15, 0.2) is 28.9 Å². The van der Waals surface area contributed by atoms with E-state index in [2.05, 4.69) is 15.3 Å². The summed E-state index contributed by atoms with van der Waals surface area (Å²) in [6.45, 7) is 5.91. The molecule has 0 fully saturated rings. The van der Waals surface area contributed by atoms with Crippen molar-refractivity contribution in [1.29, 1.82) is 0 Å². The Bertz CT molecular complexity index is 461. The first kappa shape index (κ1) is 10.7. The van der Waals surface area contributed by atoms with Crippen LogP contribution in [0.5, 0.6) is 0 Å². The lowest BCUT2D eigenvalue weighted by Crippen LogP contribution is -2.08. The Morgan fingerprint density at radius 2 is 1.88 bits per heavy atom. The van der Waals surface area contributed by atoms with Crippen molar-refractivity contribution in [2.24, 2.45) is 0 Å². The monoisotopic (exact) mass is 217 g/mol. The molecule has 0 amide bonds. The van der Waals surface area contributed by atoms with E-state index in [1.807, 2.05) is 32.9 Å². The van der Waals surface area contributed by atoms with Crippen LogP contribution in [0.3, 0.4) is 0 Å². The van der Waals surface area contributed by atoms with E-state index >= 15 is 0 Å². The molecule has 0 aromatic carbocycles. The molecule has 0 aliphatic carbocycles. The molecule has 1 atom stereocenters. The van der Waals surface area contributed by atoms with Gasteiger partial charge in [-0.3, -0.25) is 0 Å². The summed E-state index contributed by atoms with van der Waals surface area (Å²) in [4.78, 5) is 8.37. The number of aromatic nitrogens is 2. The predicted octanol–water partition coefficient (Wildman–Crippen LogP) is 2.86. The van der Waals surface area contributed by atoms with Crippen molar-refractivity contribution >= 4 is 5.95 Å². The second-order valence-electron chi connectivity index (χ2n) is 3.90. The van der Waals surface area contributed by atoms with Crippen molar-refractivity contribution in [3.63, 3.8) is 0 Å². The normalized spacial score (nSPS) is 12.4. The van der Waals surface area contributed by atoms with Gasteiger partial charge in [-0.15, -0.1) is 0 Å². The third kappa shape index (κ3) is 2.39. The first-order valence-electron chi connectivity index (χ1n) is 5.26. The molecule has 2 rings (SSSR count). The largest absolute Gasteiger partial charge is 0.464 e. The minimum absolute atomic E-state index is 0.0661. The van der Waals surface area contributed by atoms with Gasteiger partial charge in [0.25, 0.3) is 0 Å². The van der Waals surface area contributed by atoms with Crippen LogP contribution in [0.1, 0.15) is 30.0 Å². The fourth-order valence-electron chi connectivity index (χ4n) is 1.42. The molecule has 1 N–H and O–H groups in total. The van der Waals surface area contributed by atoms with E-state index in [4.69, 9.17) is 4.42 Å². The minimum Gasteiger partial charge on any atom is -0.464 e. The molecule has 0 aliphatic rings. The summed E-state index contributed by atoms with van der Waals surface area (Å²) in [6, 6.07) is 3.97. The number of anilines is 1. The molecular weight excluding hydrogens is 202 g/mol. The molecule has 4 nitrogen and oxygen atoms in total. The van der Waals surface area contributed by atoms with Gasteiger partial charge < -0.3 is 9.73 Å². The van der Waals surface area contributed by atoms with Gasteiger partial charge in [-0.05, 0) is 38.5 Å². The van der Waals surface area contributed by atoms with Gasteiger partial charge in [0.1, 0.15) is 11.5 Å². The van der Waals surface area contributed by atoms with E-state index in [9.17, 15) is 0 Å².